The van der Waals surface area contributed by atoms with Crippen molar-refractivity contribution in [2.24, 2.45) is 5.92 Å². The van der Waals surface area contributed by atoms with Crippen LogP contribution in [0.1, 0.15) is 25.7 Å². The average Bonchev–Trinajstić information content (AvgIpc) is 2.28. The van der Waals surface area contributed by atoms with Crippen LogP contribution in [0.15, 0.2) is 30.3 Å². The van der Waals surface area contributed by atoms with Gasteiger partial charge >= 0.3 is 0 Å². The molecule has 0 saturated heterocycles. The topological polar surface area (TPSA) is 29.1 Å². The van der Waals surface area contributed by atoms with Crippen LogP contribution >= 0.6 is 0 Å². The van der Waals surface area contributed by atoms with Crippen molar-refractivity contribution in [3.8, 4) is 0 Å². The van der Waals surface area contributed by atoms with Gasteiger partial charge in [-0.15, -0.1) is 0 Å². The zero-order chi connectivity index (χ0) is 10.5. The molecule has 0 amide bonds. The summed E-state index contributed by atoms with van der Waals surface area (Å²) in [6.45, 7) is 0.926. The predicted molar refractivity (Wildman–Crippen MR) is 61.9 cm³/mol. The van der Waals surface area contributed by atoms with Crippen molar-refractivity contribution in [3.05, 3.63) is 30.3 Å². The van der Waals surface area contributed by atoms with Crippen molar-refractivity contribution >= 4 is 11.5 Å². The summed E-state index contributed by atoms with van der Waals surface area (Å²) in [5, 5.41) is 3.38. The summed E-state index contributed by atoms with van der Waals surface area (Å²) < 4.78 is 0. The highest BCUT2D eigenvalue weighted by Gasteiger charge is 2.18. The second-order valence-corrected chi connectivity index (χ2v) is 4.25. The molecule has 15 heavy (non-hydrogen) atoms. The van der Waals surface area contributed by atoms with Gasteiger partial charge in [-0.2, -0.15) is 0 Å². The Labute approximate surface area is 90.7 Å². The molecule has 0 spiro atoms. The smallest absolute Gasteiger partial charge is 0.133 e. The van der Waals surface area contributed by atoms with E-state index in [0.717, 1.165) is 31.5 Å². The Balaban J connectivity index is 1.80. The predicted octanol–water partition coefficient (Wildman–Crippen LogP) is 2.86. The molecule has 1 aromatic rings. The molecule has 80 valence electrons. The van der Waals surface area contributed by atoms with Crippen LogP contribution in [0.4, 0.5) is 5.69 Å². The van der Waals surface area contributed by atoms with E-state index in [2.05, 4.69) is 17.4 Å². The van der Waals surface area contributed by atoms with Gasteiger partial charge in [0.15, 0.2) is 0 Å². The summed E-state index contributed by atoms with van der Waals surface area (Å²) >= 11 is 0. The van der Waals surface area contributed by atoms with Gasteiger partial charge in [0.05, 0.1) is 0 Å². The summed E-state index contributed by atoms with van der Waals surface area (Å²) in [6, 6.07) is 10.2. The van der Waals surface area contributed by atoms with Crippen molar-refractivity contribution in [1.82, 2.24) is 0 Å². The van der Waals surface area contributed by atoms with E-state index in [1.807, 2.05) is 18.2 Å². The van der Waals surface area contributed by atoms with Gasteiger partial charge in [0.25, 0.3) is 0 Å². The van der Waals surface area contributed by atoms with E-state index < -0.39 is 0 Å². The number of hydrogen-bond acceptors (Lipinski definition) is 2. The first-order valence-corrected chi connectivity index (χ1v) is 5.65. The Morgan fingerprint density at radius 2 is 2.07 bits per heavy atom. The minimum atomic E-state index is 0.432. The lowest BCUT2D eigenvalue weighted by atomic mass is 9.88. The Morgan fingerprint density at radius 3 is 2.80 bits per heavy atom. The van der Waals surface area contributed by atoms with E-state index in [0.29, 0.717) is 11.7 Å². The Hall–Kier alpha value is -1.31. The lowest BCUT2D eigenvalue weighted by molar-refractivity contribution is -0.121. The lowest BCUT2D eigenvalue weighted by Gasteiger charge is -2.21. The van der Waals surface area contributed by atoms with E-state index in [-0.39, 0.29) is 0 Å². The van der Waals surface area contributed by atoms with Crippen LogP contribution in [0.2, 0.25) is 0 Å². The van der Waals surface area contributed by atoms with Gasteiger partial charge in [-0.25, -0.2) is 0 Å². The summed E-state index contributed by atoms with van der Waals surface area (Å²) in [5.41, 5.74) is 1.15. The second-order valence-electron chi connectivity index (χ2n) is 4.25. The minimum Gasteiger partial charge on any atom is -0.385 e. The fraction of sp³-hybridized carbons (Fsp3) is 0.462. The number of para-hydroxylation sites is 1. The molecule has 1 atom stereocenters. The Morgan fingerprint density at radius 1 is 1.27 bits per heavy atom. The van der Waals surface area contributed by atoms with Gasteiger partial charge in [-0.05, 0) is 30.9 Å². The van der Waals surface area contributed by atoms with Crippen molar-refractivity contribution in [1.29, 1.82) is 0 Å². The van der Waals surface area contributed by atoms with Crippen LogP contribution in [0.5, 0.6) is 0 Å². The number of benzene rings is 1. The minimum absolute atomic E-state index is 0.432. The van der Waals surface area contributed by atoms with E-state index in [1.54, 1.807) is 0 Å². The van der Waals surface area contributed by atoms with Crippen LogP contribution in [0.25, 0.3) is 0 Å². The highest BCUT2D eigenvalue weighted by molar-refractivity contribution is 5.79. The molecular formula is C13H17NO. The van der Waals surface area contributed by atoms with Crippen molar-refractivity contribution < 1.29 is 4.79 Å². The van der Waals surface area contributed by atoms with Crippen LogP contribution in [0.3, 0.4) is 0 Å². The molecule has 2 nitrogen and oxygen atoms in total. The average molecular weight is 203 g/mol. The van der Waals surface area contributed by atoms with Gasteiger partial charge in [-0.1, -0.05) is 18.2 Å². The molecule has 0 aromatic heterocycles. The number of hydrogen-bond donors (Lipinski definition) is 1. The van der Waals surface area contributed by atoms with Gasteiger partial charge in [0.1, 0.15) is 5.78 Å². The number of ketones is 1. The summed E-state index contributed by atoms with van der Waals surface area (Å²) in [7, 11) is 0. The van der Waals surface area contributed by atoms with Gasteiger partial charge < -0.3 is 5.32 Å². The largest absolute Gasteiger partial charge is 0.385 e. The molecule has 1 aliphatic rings. The number of carbonyl (C=O) groups excluding carboxylic acids is 1. The van der Waals surface area contributed by atoms with E-state index in [9.17, 15) is 4.79 Å². The summed E-state index contributed by atoms with van der Waals surface area (Å²) in [5.74, 6) is 0.965. The van der Waals surface area contributed by atoms with Crippen LogP contribution in [-0.4, -0.2) is 12.3 Å². The number of rotatable bonds is 3. The molecule has 1 aliphatic carbocycles. The Kier molecular flexibility index (Phi) is 3.38. The molecule has 0 heterocycles. The maximum atomic E-state index is 11.3. The number of Topliss-reactive ketones (excluding diaryl/α,β-unsaturated/α-hetero) is 1. The van der Waals surface area contributed by atoms with E-state index in [4.69, 9.17) is 0 Å². The first kappa shape index (κ1) is 10.2. The molecule has 0 bridgehead atoms. The fourth-order valence-corrected chi connectivity index (χ4v) is 2.11. The van der Waals surface area contributed by atoms with Crippen molar-refractivity contribution in [3.63, 3.8) is 0 Å². The van der Waals surface area contributed by atoms with Gasteiger partial charge in [0, 0.05) is 25.1 Å². The maximum Gasteiger partial charge on any atom is 0.133 e. The monoisotopic (exact) mass is 203 g/mol. The molecule has 0 aliphatic heterocycles. The first-order valence-electron chi connectivity index (χ1n) is 5.65. The standard InChI is InChI=1S/C13H17NO/c15-13-8-4-5-11(9-13)10-14-12-6-2-1-3-7-12/h1-3,6-7,11,14H,4-5,8-10H2. The SMILES string of the molecule is O=C1CCCC(CNc2ccccc2)C1. The first-order chi connectivity index (χ1) is 7.34. The summed E-state index contributed by atoms with van der Waals surface area (Å²) in [6.07, 6.45) is 3.81. The highest BCUT2D eigenvalue weighted by Crippen LogP contribution is 2.21. The fourth-order valence-electron chi connectivity index (χ4n) is 2.11. The molecular weight excluding hydrogens is 186 g/mol. The molecule has 0 radical (unpaired) electrons. The molecule has 1 saturated carbocycles. The molecule has 1 unspecified atom stereocenters. The highest BCUT2D eigenvalue weighted by atomic mass is 16.1. The third kappa shape index (κ3) is 3.08. The molecule has 1 aromatic carbocycles. The van der Waals surface area contributed by atoms with Gasteiger partial charge in [0.2, 0.25) is 0 Å². The molecule has 2 rings (SSSR count). The van der Waals surface area contributed by atoms with Crippen LogP contribution < -0.4 is 5.32 Å². The zero-order valence-corrected chi connectivity index (χ0v) is 8.91. The van der Waals surface area contributed by atoms with Crippen molar-refractivity contribution in [2.45, 2.75) is 25.7 Å². The number of anilines is 1. The normalized spacial score (nSPS) is 21.3. The van der Waals surface area contributed by atoms with Crippen LogP contribution in [0, 0.1) is 5.92 Å². The Bertz CT molecular complexity index is 321. The lowest BCUT2D eigenvalue weighted by Crippen LogP contribution is -2.22. The quantitative estimate of drug-likeness (QED) is 0.818. The maximum absolute atomic E-state index is 11.3. The summed E-state index contributed by atoms with van der Waals surface area (Å²) in [4.78, 5) is 11.3. The molecule has 1 fully saturated rings. The second kappa shape index (κ2) is 4.96. The third-order valence-electron chi connectivity index (χ3n) is 2.95. The number of nitrogens with one attached hydrogen (secondary N) is 1. The molecule has 1 N–H and O–H groups in total. The molecule has 2 heteroatoms. The third-order valence-corrected chi connectivity index (χ3v) is 2.95. The van der Waals surface area contributed by atoms with E-state index >= 15 is 0 Å². The van der Waals surface area contributed by atoms with E-state index in [1.165, 1.54) is 6.42 Å². The number of carbonyl (C=O) groups is 1. The van der Waals surface area contributed by atoms with Gasteiger partial charge in [-0.3, -0.25) is 4.79 Å². The van der Waals surface area contributed by atoms with Crippen molar-refractivity contribution in [2.75, 3.05) is 11.9 Å². The zero-order valence-electron chi connectivity index (χ0n) is 8.91. The van der Waals surface area contributed by atoms with Crippen LogP contribution in [-0.2, 0) is 4.79 Å².